The van der Waals surface area contributed by atoms with Crippen molar-refractivity contribution in [3.8, 4) is 0 Å². The lowest BCUT2D eigenvalue weighted by molar-refractivity contribution is 0.403. The number of hydrogen-bond acceptors (Lipinski definition) is 4. The van der Waals surface area contributed by atoms with Crippen molar-refractivity contribution in [3.05, 3.63) is 18.1 Å². The Labute approximate surface area is 90.3 Å². The van der Waals surface area contributed by atoms with Crippen molar-refractivity contribution in [2.45, 2.75) is 44.7 Å². The number of aromatic nitrogens is 2. The molecule has 0 amide bonds. The zero-order valence-corrected chi connectivity index (χ0v) is 9.11. The number of nitrogens with zero attached hydrogens (tertiary/aromatic N) is 2. The van der Waals surface area contributed by atoms with E-state index in [2.05, 4.69) is 15.3 Å². The average Bonchev–Trinajstić information content (AvgIpc) is 2.24. The summed E-state index contributed by atoms with van der Waals surface area (Å²) in [6.45, 7) is 1.96. The Morgan fingerprint density at radius 2 is 2.00 bits per heavy atom. The minimum absolute atomic E-state index is 0.250. The van der Waals surface area contributed by atoms with Crippen LogP contribution in [0, 0.1) is 6.92 Å². The Kier molecular flexibility index (Phi) is 3.16. The van der Waals surface area contributed by atoms with Gasteiger partial charge in [-0.1, -0.05) is 12.8 Å². The molecule has 0 aliphatic heterocycles. The van der Waals surface area contributed by atoms with E-state index in [0.717, 1.165) is 24.4 Å². The van der Waals surface area contributed by atoms with Gasteiger partial charge in [0.1, 0.15) is 5.82 Å². The molecule has 0 bridgehead atoms. The molecule has 1 fully saturated rings. The number of nitrogens with one attached hydrogen (secondary N) is 1. The molecule has 1 aromatic rings. The molecule has 1 heterocycles. The predicted molar refractivity (Wildman–Crippen MR) is 60.6 cm³/mol. The Morgan fingerprint density at radius 3 is 2.73 bits per heavy atom. The summed E-state index contributed by atoms with van der Waals surface area (Å²) >= 11 is 0. The normalized spacial score (nSPS) is 26.3. The Morgan fingerprint density at radius 1 is 1.27 bits per heavy atom. The van der Waals surface area contributed by atoms with Gasteiger partial charge in [-0.15, -0.1) is 0 Å². The van der Waals surface area contributed by atoms with Crippen molar-refractivity contribution in [1.29, 1.82) is 0 Å². The fourth-order valence-electron chi connectivity index (χ4n) is 2.06. The Bertz CT molecular complexity index is 326. The smallest absolute Gasteiger partial charge is 0.147 e. The molecule has 1 aromatic heterocycles. The van der Waals surface area contributed by atoms with Crippen LogP contribution in [0.15, 0.2) is 12.4 Å². The van der Waals surface area contributed by atoms with Crippen molar-refractivity contribution in [2.24, 2.45) is 5.73 Å². The van der Waals surface area contributed by atoms with E-state index in [9.17, 15) is 0 Å². The van der Waals surface area contributed by atoms with Crippen molar-refractivity contribution < 1.29 is 0 Å². The molecule has 0 radical (unpaired) electrons. The molecule has 0 unspecified atom stereocenters. The third-order valence-corrected chi connectivity index (χ3v) is 3.02. The van der Waals surface area contributed by atoms with Crippen LogP contribution in [0.1, 0.15) is 31.4 Å². The van der Waals surface area contributed by atoms with Crippen LogP contribution in [0.5, 0.6) is 0 Å². The molecule has 0 aromatic carbocycles. The van der Waals surface area contributed by atoms with Crippen molar-refractivity contribution in [2.75, 3.05) is 5.32 Å². The summed E-state index contributed by atoms with van der Waals surface area (Å²) in [6, 6.07) is 0.606. The molecule has 4 nitrogen and oxygen atoms in total. The second-order valence-electron chi connectivity index (χ2n) is 4.19. The van der Waals surface area contributed by atoms with E-state index in [0.29, 0.717) is 6.04 Å². The fourth-order valence-corrected chi connectivity index (χ4v) is 2.06. The number of anilines is 1. The van der Waals surface area contributed by atoms with Gasteiger partial charge in [0, 0.05) is 24.5 Å². The highest BCUT2D eigenvalue weighted by Gasteiger charge is 2.22. The monoisotopic (exact) mass is 206 g/mol. The number of rotatable bonds is 2. The highest BCUT2D eigenvalue weighted by atomic mass is 15.1. The van der Waals surface area contributed by atoms with Gasteiger partial charge in [0.05, 0.1) is 5.69 Å². The maximum atomic E-state index is 6.07. The molecule has 1 aliphatic rings. The van der Waals surface area contributed by atoms with Gasteiger partial charge in [0.2, 0.25) is 0 Å². The van der Waals surface area contributed by atoms with Gasteiger partial charge < -0.3 is 11.1 Å². The standard InChI is InChI=1S/C11H18N4/c1-8-11(14-7-6-13-8)15-10-5-3-2-4-9(10)12/h6-7,9-10H,2-5,12H2,1H3,(H,14,15)/t9-,10-/m1/s1. The van der Waals surface area contributed by atoms with Gasteiger partial charge in [-0.3, -0.25) is 4.98 Å². The first-order valence-electron chi connectivity index (χ1n) is 5.57. The maximum absolute atomic E-state index is 6.07. The van der Waals surface area contributed by atoms with Gasteiger partial charge >= 0.3 is 0 Å². The zero-order chi connectivity index (χ0) is 10.7. The molecule has 1 aliphatic carbocycles. The quantitative estimate of drug-likeness (QED) is 0.769. The highest BCUT2D eigenvalue weighted by Crippen LogP contribution is 2.20. The van der Waals surface area contributed by atoms with Crippen LogP contribution in [-0.2, 0) is 0 Å². The van der Waals surface area contributed by atoms with Crippen molar-refractivity contribution >= 4 is 5.82 Å². The van der Waals surface area contributed by atoms with E-state index in [1.165, 1.54) is 12.8 Å². The van der Waals surface area contributed by atoms with Gasteiger partial charge in [0.15, 0.2) is 0 Å². The van der Waals surface area contributed by atoms with Crippen molar-refractivity contribution in [1.82, 2.24) is 9.97 Å². The molecule has 3 N–H and O–H groups in total. The van der Waals surface area contributed by atoms with Gasteiger partial charge in [-0.25, -0.2) is 4.98 Å². The SMILES string of the molecule is Cc1nccnc1N[C@@H]1CCCC[C@H]1N. The van der Waals surface area contributed by atoms with Crippen molar-refractivity contribution in [3.63, 3.8) is 0 Å². The largest absolute Gasteiger partial charge is 0.364 e. The molecular weight excluding hydrogens is 188 g/mol. The van der Waals surface area contributed by atoms with E-state index < -0.39 is 0 Å². The number of aryl methyl sites for hydroxylation is 1. The summed E-state index contributed by atoms with van der Waals surface area (Å²) < 4.78 is 0. The lowest BCUT2D eigenvalue weighted by Gasteiger charge is -2.29. The van der Waals surface area contributed by atoms with Crippen LogP contribution in [0.4, 0.5) is 5.82 Å². The van der Waals surface area contributed by atoms with Gasteiger partial charge in [-0.2, -0.15) is 0 Å². The van der Waals surface area contributed by atoms with E-state index >= 15 is 0 Å². The number of nitrogens with two attached hydrogens (primary N) is 1. The molecule has 0 spiro atoms. The minimum atomic E-state index is 0.250. The summed E-state index contributed by atoms with van der Waals surface area (Å²) in [5.41, 5.74) is 7.01. The zero-order valence-electron chi connectivity index (χ0n) is 9.11. The summed E-state index contributed by atoms with van der Waals surface area (Å²) in [7, 11) is 0. The molecule has 82 valence electrons. The first-order valence-corrected chi connectivity index (χ1v) is 5.57. The molecule has 0 saturated heterocycles. The fraction of sp³-hybridized carbons (Fsp3) is 0.636. The average molecular weight is 206 g/mol. The first-order chi connectivity index (χ1) is 7.27. The third kappa shape index (κ3) is 2.45. The Hall–Kier alpha value is -1.16. The first kappa shape index (κ1) is 10.4. The topological polar surface area (TPSA) is 63.8 Å². The maximum Gasteiger partial charge on any atom is 0.147 e. The van der Waals surface area contributed by atoms with Crippen LogP contribution in [0.2, 0.25) is 0 Å². The van der Waals surface area contributed by atoms with E-state index in [-0.39, 0.29) is 6.04 Å². The van der Waals surface area contributed by atoms with Crippen LogP contribution < -0.4 is 11.1 Å². The highest BCUT2D eigenvalue weighted by molar-refractivity contribution is 5.39. The lowest BCUT2D eigenvalue weighted by atomic mass is 9.91. The van der Waals surface area contributed by atoms with E-state index in [1.54, 1.807) is 12.4 Å². The molecule has 2 atom stereocenters. The molecule has 15 heavy (non-hydrogen) atoms. The summed E-state index contributed by atoms with van der Waals surface area (Å²) in [6.07, 6.45) is 8.17. The third-order valence-electron chi connectivity index (χ3n) is 3.02. The summed E-state index contributed by atoms with van der Waals surface area (Å²) in [5.74, 6) is 0.875. The van der Waals surface area contributed by atoms with Gasteiger partial charge in [0.25, 0.3) is 0 Å². The van der Waals surface area contributed by atoms with Crippen LogP contribution in [0.3, 0.4) is 0 Å². The second kappa shape index (κ2) is 4.57. The lowest BCUT2D eigenvalue weighted by Crippen LogP contribution is -2.42. The Balaban J connectivity index is 2.04. The molecule has 2 rings (SSSR count). The summed E-state index contributed by atoms with van der Waals surface area (Å²) in [5, 5.41) is 3.40. The number of hydrogen-bond donors (Lipinski definition) is 2. The second-order valence-corrected chi connectivity index (χ2v) is 4.19. The minimum Gasteiger partial charge on any atom is -0.364 e. The van der Waals surface area contributed by atoms with Crippen LogP contribution in [0.25, 0.3) is 0 Å². The van der Waals surface area contributed by atoms with E-state index in [4.69, 9.17) is 5.73 Å². The van der Waals surface area contributed by atoms with E-state index in [1.807, 2.05) is 6.92 Å². The van der Waals surface area contributed by atoms with Crippen LogP contribution >= 0.6 is 0 Å². The molecule has 4 heteroatoms. The van der Waals surface area contributed by atoms with Gasteiger partial charge in [-0.05, 0) is 19.8 Å². The summed E-state index contributed by atoms with van der Waals surface area (Å²) in [4.78, 5) is 8.48. The molecular formula is C11H18N4. The predicted octanol–water partition coefficient (Wildman–Crippen LogP) is 1.47. The molecule has 1 saturated carbocycles. The van der Waals surface area contributed by atoms with Crippen LogP contribution in [-0.4, -0.2) is 22.1 Å².